The topological polar surface area (TPSA) is 98.8 Å². The molecule has 0 bridgehead atoms. The highest BCUT2D eigenvalue weighted by Gasteiger charge is 2.51. The summed E-state index contributed by atoms with van der Waals surface area (Å²) in [7, 11) is 0. The highest BCUT2D eigenvalue weighted by atomic mass is 16.2. The molecule has 4 rings (SSSR count). The fourth-order valence-corrected chi connectivity index (χ4v) is 6.55. The lowest BCUT2D eigenvalue weighted by atomic mass is 9.92. The van der Waals surface area contributed by atoms with Crippen LogP contribution in [0.4, 0.5) is 0 Å². The molecule has 2 aliphatic carbocycles. The number of nitrogens with one attached hydrogen (secondary N) is 2. The van der Waals surface area contributed by atoms with E-state index >= 15 is 0 Å². The predicted molar refractivity (Wildman–Crippen MR) is 133 cm³/mol. The third kappa shape index (κ3) is 5.89. The zero-order valence-corrected chi connectivity index (χ0v) is 21.8. The largest absolute Gasteiger partial charge is 0.347 e. The fourth-order valence-electron chi connectivity index (χ4n) is 6.55. The summed E-state index contributed by atoms with van der Waals surface area (Å²) in [4.78, 5) is 57.2. The minimum Gasteiger partial charge on any atom is -0.347 e. The molecule has 2 N–H and O–H groups in total. The number of nitrogens with zero attached hydrogens (tertiary/aromatic N) is 2. The van der Waals surface area contributed by atoms with Crippen LogP contribution >= 0.6 is 0 Å². The van der Waals surface area contributed by atoms with Gasteiger partial charge >= 0.3 is 0 Å². The van der Waals surface area contributed by atoms with Gasteiger partial charge in [0.15, 0.2) is 0 Å². The lowest BCUT2D eigenvalue weighted by Crippen LogP contribution is -2.59. The normalized spacial score (nSPS) is 28.5. The van der Waals surface area contributed by atoms with Gasteiger partial charge in [-0.1, -0.05) is 40.0 Å². The minimum atomic E-state index is -0.841. The van der Waals surface area contributed by atoms with Gasteiger partial charge < -0.3 is 15.5 Å². The first-order valence-corrected chi connectivity index (χ1v) is 14.0. The van der Waals surface area contributed by atoms with Crippen molar-refractivity contribution in [3.05, 3.63) is 0 Å². The van der Waals surface area contributed by atoms with E-state index in [1.165, 1.54) is 6.42 Å². The van der Waals surface area contributed by atoms with Crippen molar-refractivity contribution in [2.75, 3.05) is 19.6 Å². The molecule has 2 saturated heterocycles. The molecule has 2 saturated carbocycles. The van der Waals surface area contributed by atoms with E-state index in [1.807, 2.05) is 11.8 Å². The monoisotopic (exact) mass is 488 g/mol. The maximum atomic E-state index is 14.0. The summed E-state index contributed by atoms with van der Waals surface area (Å²) in [5, 5.41) is 5.68. The molecule has 4 fully saturated rings. The number of carbonyl (C=O) groups excluding carboxylic acids is 4. The average Bonchev–Trinajstić information content (AvgIpc) is 3.39. The van der Waals surface area contributed by atoms with Gasteiger partial charge in [0, 0.05) is 12.6 Å². The van der Waals surface area contributed by atoms with E-state index in [2.05, 4.69) is 29.4 Å². The van der Waals surface area contributed by atoms with Gasteiger partial charge in [0.25, 0.3) is 5.91 Å². The van der Waals surface area contributed by atoms with Gasteiger partial charge in [-0.3, -0.25) is 24.1 Å². The Morgan fingerprint density at radius 1 is 0.943 bits per heavy atom. The molecule has 0 radical (unpaired) electrons. The summed E-state index contributed by atoms with van der Waals surface area (Å²) in [6.07, 6.45) is 9.35. The van der Waals surface area contributed by atoms with E-state index in [-0.39, 0.29) is 35.7 Å². The van der Waals surface area contributed by atoms with Crippen molar-refractivity contribution in [1.29, 1.82) is 0 Å². The van der Waals surface area contributed by atoms with Crippen LogP contribution in [0.1, 0.15) is 85.0 Å². The number of Topliss-reactive ketones (excluding diaryl/α,β-unsaturated/α-hetero) is 1. The summed E-state index contributed by atoms with van der Waals surface area (Å²) in [5.74, 6) is -0.756. The molecule has 0 aromatic rings. The number of hydrogen-bond acceptors (Lipinski definition) is 5. The molecular weight excluding hydrogens is 444 g/mol. The van der Waals surface area contributed by atoms with Crippen LogP contribution in [0.2, 0.25) is 0 Å². The second-order valence-electron chi connectivity index (χ2n) is 11.5. The molecule has 2 heterocycles. The highest BCUT2D eigenvalue weighted by Crippen LogP contribution is 2.43. The smallest absolute Gasteiger partial charge is 0.289 e. The Kier molecular flexibility index (Phi) is 8.50. The first kappa shape index (κ1) is 26.1. The van der Waals surface area contributed by atoms with Gasteiger partial charge in [0.1, 0.15) is 6.04 Å². The average molecular weight is 489 g/mol. The van der Waals surface area contributed by atoms with Crippen LogP contribution in [0.5, 0.6) is 0 Å². The number of amides is 3. The van der Waals surface area contributed by atoms with Gasteiger partial charge in [0.2, 0.25) is 17.6 Å². The quantitative estimate of drug-likeness (QED) is 0.460. The Bertz CT molecular complexity index is 805. The van der Waals surface area contributed by atoms with Crippen molar-refractivity contribution < 1.29 is 19.2 Å². The minimum absolute atomic E-state index is 0.0568. The van der Waals surface area contributed by atoms with Crippen molar-refractivity contribution >= 4 is 23.5 Å². The molecule has 2 aliphatic heterocycles. The summed E-state index contributed by atoms with van der Waals surface area (Å²) < 4.78 is 0. The molecule has 8 nitrogen and oxygen atoms in total. The van der Waals surface area contributed by atoms with E-state index in [4.69, 9.17) is 0 Å². The number of hydrogen-bond donors (Lipinski definition) is 2. The molecule has 196 valence electrons. The third-order valence-electron chi connectivity index (χ3n) is 8.46. The Morgan fingerprint density at radius 2 is 1.66 bits per heavy atom. The third-order valence-corrected chi connectivity index (χ3v) is 8.46. The second kappa shape index (κ2) is 11.4. The lowest BCUT2D eigenvalue weighted by Gasteiger charge is -2.39. The van der Waals surface area contributed by atoms with Crippen molar-refractivity contribution in [2.45, 2.75) is 109 Å². The predicted octanol–water partition coefficient (Wildman–Crippen LogP) is 2.26. The van der Waals surface area contributed by atoms with Crippen LogP contribution in [0.15, 0.2) is 0 Å². The second-order valence-corrected chi connectivity index (χ2v) is 11.5. The number of piperidine rings is 1. The van der Waals surface area contributed by atoms with Crippen LogP contribution < -0.4 is 10.6 Å². The van der Waals surface area contributed by atoms with Crippen LogP contribution in [-0.4, -0.2) is 77.1 Å². The Balaban J connectivity index is 1.51. The maximum Gasteiger partial charge on any atom is 0.289 e. The molecule has 3 amide bonds. The maximum absolute atomic E-state index is 14.0. The van der Waals surface area contributed by atoms with Crippen LogP contribution in [0, 0.1) is 17.8 Å². The molecule has 0 aromatic carbocycles. The highest BCUT2D eigenvalue weighted by molar-refractivity contribution is 6.38. The van der Waals surface area contributed by atoms with Crippen molar-refractivity contribution in [3.63, 3.8) is 0 Å². The molecule has 4 aliphatic rings. The molecule has 8 heteroatoms. The van der Waals surface area contributed by atoms with E-state index < -0.39 is 23.8 Å². The standard InChI is InChI=1S/C27H44N4O4/c1-4-9-21(24(32)26(34)28-19-12-13-19)29-25(33)23-20-11-8-10-18(20)16-31(23)27(35)22(17(2)3)30-14-6-5-7-15-30/h17-23H,4-16H2,1-3H3,(H,28,34)(H,29,33)/t18?,20?,21?,22-,23?/m0/s1. The molecule has 5 atom stereocenters. The zero-order chi connectivity index (χ0) is 25.1. The molecule has 35 heavy (non-hydrogen) atoms. The number of ketones is 1. The van der Waals surface area contributed by atoms with E-state index in [0.29, 0.717) is 25.3 Å². The number of carbonyl (C=O) groups is 4. The summed E-state index contributed by atoms with van der Waals surface area (Å²) in [6.45, 7) is 8.60. The van der Waals surface area contributed by atoms with Crippen molar-refractivity contribution in [3.8, 4) is 0 Å². The zero-order valence-electron chi connectivity index (χ0n) is 21.8. The number of fused-ring (bicyclic) bond motifs is 1. The fraction of sp³-hybridized carbons (Fsp3) is 0.852. The van der Waals surface area contributed by atoms with Crippen LogP contribution in [-0.2, 0) is 19.2 Å². The molecule has 0 spiro atoms. The van der Waals surface area contributed by atoms with E-state index in [1.54, 1.807) is 0 Å². The van der Waals surface area contributed by atoms with E-state index in [9.17, 15) is 19.2 Å². The van der Waals surface area contributed by atoms with Gasteiger partial charge in [0.05, 0.1) is 12.1 Å². The van der Waals surface area contributed by atoms with Gasteiger partial charge in [-0.05, 0) is 75.8 Å². The van der Waals surface area contributed by atoms with Crippen LogP contribution in [0.25, 0.3) is 0 Å². The molecular formula is C27H44N4O4. The van der Waals surface area contributed by atoms with Gasteiger partial charge in [-0.2, -0.15) is 0 Å². The van der Waals surface area contributed by atoms with Crippen molar-refractivity contribution in [1.82, 2.24) is 20.4 Å². The Morgan fingerprint density at radius 3 is 2.29 bits per heavy atom. The van der Waals surface area contributed by atoms with Crippen molar-refractivity contribution in [2.24, 2.45) is 17.8 Å². The lowest BCUT2D eigenvalue weighted by molar-refractivity contribution is -0.146. The molecule has 4 unspecified atom stereocenters. The van der Waals surface area contributed by atoms with E-state index in [0.717, 1.165) is 58.0 Å². The first-order valence-electron chi connectivity index (χ1n) is 14.0. The molecule has 0 aromatic heterocycles. The Hall–Kier alpha value is -1.96. The summed E-state index contributed by atoms with van der Waals surface area (Å²) in [6, 6.07) is -1.53. The summed E-state index contributed by atoms with van der Waals surface area (Å²) >= 11 is 0. The Labute approximate surface area is 209 Å². The number of rotatable bonds is 10. The van der Waals surface area contributed by atoms with Gasteiger partial charge in [-0.15, -0.1) is 0 Å². The number of likely N-dealkylation sites (tertiary alicyclic amines) is 2. The van der Waals surface area contributed by atoms with Crippen LogP contribution in [0.3, 0.4) is 0 Å². The SMILES string of the molecule is CCCC(NC(=O)C1C2CCCC2CN1C(=O)[C@H](C(C)C)N1CCCCC1)C(=O)C(=O)NC1CC1. The van der Waals surface area contributed by atoms with Gasteiger partial charge in [-0.25, -0.2) is 0 Å². The summed E-state index contributed by atoms with van der Waals surface area (Å²) in [5.41, 5.74) is 0. The first-order chi connectivity index (χ1) is 16.8.